The Morgan fingerprint density at radius 3 is 2.26 bits per heavy atom. The van der Waals surface area contributed by atoms with Gasteiger partial charge in [-0.05, 0) is 78.2 Å². The van der Waals surface area contributed by atoms with Crippen LogP contribution >= 0.6 is 0 Å². The maximum absolute atomic E-state index is 11.1. The van der Waals surface area contributed by atoms with Gasteiger partial charge in [-0.15, -0.1) is 0 Å². The minimum atomic E-state index is -0.915. The number of aliphatic carboxylic acids is 1. The lowest BCUT2D eigenvalue weighted by Gasteiger charge is -2.43. The van der Waals surface area contributed by atoms with Crippen molar-refractivity contribution >= 4 is 5.97 Å². The van der Waals surface area contributed by atoms with Crippen molar-refractivity contribution < 1.29 is 14.6 Å². The third-order valence-electron chi connectivity index (χ3n) is 7.15. The number of methoxy groups -OCH3 is 1. The van der Waals surface area contributed by atoms with Gasteiger partial charge in [-0.1, -0.05) is 39.8 Å². The fourth-order valence-corrected chi connectivity index (χ4v) is 5.26. The standard InChI is InChI=1S/C24H34O3/c1-16-14-19-20(23(4,5)13-12-22(19,2)3)15-17(16)18-8-7-10-24(18,27-6)11-9-21(25)26/h9,11,14-15,18H,7-8,10,12-13H2,1-6H3,(H,25,26)/b11-9+. The summed E-state index contributed by atoms with van der Waals surface area (Å²) in [6.07, 6.45) is 8.37. The third kappa shape index (κ3) is 3.47. The molecule has 1 N–H and O–H groups in total. The van der Waals surface area contributed by atoms with Crippen LogP contribution < -0.4 is 0 Å². The highest BCUT2D eigenvalue weighted by atomic mass is 16.5. The molecule has 1 fully saturated rings. The highest BCUT2D eigenvalue weighted by Crippen LogP contribution is 2.51. The van der Waals surface area contributed by atoms with Crippen LogP contribution in [0.4, 0.5) is 0 Å². The molecule has 0 amide bonds. The average Bonchev–Trinajstić information content (AvgIpc) is 3.01. The molecule has 2 aliphatic carbocycles. The van der Waals surface area contributed by atoms with Crippen molar-refractivity contribution in [1.29, 1.82) is 0 Å². The van der Waals surface area contributed by atoms with E-state index >= 15 is 0 Å². The first kappa shape index (κ1) is 20.1. The van der Waals surface area contributed by atoms with E-state index < -0.39 is 11.6 Å². The molecule has 0 radical (unpaired) electrons. The lowest BCUT2D eigenvalue weighted by atomic mass is 9.62. The maximum Gasteiger partial charge on any atom is 0.328 e. The van der Waals surface area contributed by atoms with E-state index in [1.54, 1.807) is 13.2 Å². The molecule has 148 valence electrons. The Morgan fingerprint density at radius 2 is 1.70 bits per heavy atom. The number of fused-ring (bicyclic) bond motifs is 1. The smallest absolute Gasteiger partial charge is 0.328 e. The second-order valence-corrected chi connectivity index (χ2v) is 9.80. The molecule has 27 heavy (non-hydrogen) atoms. The van der Waals surface area contributed by atoms with E-state index in [-0.39, 0.29) is 16.7 Å². The zero-order valence-corrected chi connectivity index (χ0v) is 17.7. The molecular formula is C24H34O3. The van der Waals surface area contributed by atoms with E-state index in [0.29, 0.717) is 0 Å². The summed E-state index contributed by atoms with van der Waals surface area (Å²) >= 11 is 0. The predicted molar refractivity (Wildman–Crippen MR) is 110 cm³/mol. The van der Waals surface area contributed by atoms with E-state index in [0.717, 1.165) is 19.3 Å². The molecule has 0 aliphatic heterocycles. The fourth-order valence-electron chi connectivity index (χ4n) is 5.26. The molecule has 3 rings (SSSR count). The van der Waals surface area contributed by atoms with Gasteiger partial charge in [0, 0.05) is 19.1 Å². The molecule has 1 aromatic rings. The SMILES string of the molecule is COC1(/C=C/C(=O)O)CCCC1c1cc2c(cc1C)C(C)(C)CCC2(C)C. The van der Waals surface area contributed by atoms with Crippen LogP contribution in [0.25, 0.3) is 0 Å². The van der Waals surface area contributed by atoms with Gasteiger partial charge in [-0.25, -0.2) is 4.79 Å². The molecule has 2 unspecified atom stereocenters. The van der Waals surface area contributed by atoms with E-state index in [9.17, 15) is 4.79 Å². The molecule has 2 aliphatic rings. The molecule has 1 aromatic carbocycles. The van der Waals surface area contributed by atoms with Crippen LogP contribution in [0.2, 0.25) is 0 Å². The number of carboxylic acids is 1. The van der Waals surface area contributed by atoms with E-state index in [2.05, 4.69) is 46.8 Å². The number of benzene rings is 1. The van der Waals surface area contributed by atoms with Crippen LogP contribution in [0.15, 0.2) is 24.3 Å². The summed E-state index contributed by atoms with van der Waals surface area (Å²) < 4.78 is 5.96. The minimum absolute atomic E-state index is 0.165. The van der Waals surface area contributed by atoms with Gasteiger partial charge >= 0.3 is 5.97 Å². The third-order valence-corrected chi connectivity index (χ3v) is 7.15. The van der Waals surface area contributed by atoms with Crippen LogP contribution in [0.3, 0.4) is 0 Å². The molecule has 2 atom stereocenters. The zero-order valence-electron chi connectivity index (χ0n) is 17.7. The second kappa shape index (κ2) is 6.77. The van der Waals surface area contributed by atoms with E-state index in [1.807, 2.05) is 0 Å². The number of hydrogen-bond acceptors (Lipinski definition) is 2. The summed E-state index contributed by atoms with van der Waals surface area (Å²) in [6, 6.07) is 4.81. The first-order valence-corrected chi connectivity index (χ1v) is 10.2. The maximum atomic E-state index is 11.1. The van der Waals surface area contributed by atoms with Crippen LogP contribution in [0, 0.1) is 6.92 Å². The average molecular weight is 371 g/mol. The fraction of sp³-hybridized carbons (Fsp3) is 0.625. The molecule has 3 heteroatoms. The van der Waals surface area contributed by atoms with Crippen molar-refractivity contribution in [2.45, 2.75) is 89.1 Å². The molecule has 0 heterocycles. The summed E-state index contributed by atoms with van der Waals surface area (Å²) in [7, 11) is 1.71. The van der Waals surface area contributed by atoms with E-state index in [1.165, 1.54) is 41.2 Å². The first-order valence-electron chi connectivity index (χ1n) is 10.2. The molecule has 0 bridgehead atoms. The topological polar surface area (TPSA) is 46.5 Å². The number of aryl methyl sites for hydroxylation is 1. The molecular weight excluding hydrogens is 336 g/mol. The minimum Gasteiger partial charge on any atom is -0.478 e. The number of hydrogen-bond donors (Lipinski definition) is 1. The van der Waals surface area contributed by atoms with Crippen LogP contribution in [-0.2, 0) is 20.4 Å². The van der Waals surface area contributed by atoms with Crippen molar-refractivity contribution in [3.63, 3.8) is 0 Å². The monoisotopic (exact) mass is 370 g/mol. The van der Waals surface area contributed by atoms with Gasteiger partial charge in [0.15, 0.2) is 0 Å². The lowest BCUT2D eigenvalue weighted by molar-refractivity contribution is -0.131. The normalized spacial score (nSPS) is 29.0. The van der Waals surface area contributed by atoms with Crippen molar-refractivity contribution in [3.8, 4) is 0 Å². The number of carbonyl (C=O) groups is 1. The Hall–Kier alpha value is -1.61. The first-order chi connectivity index (χ1) is 12.5. The van der Waals surface area contributed by atoms with Gasteiger partial charge < -0.3 is 9.84 Å². The number of rotatable bonds is 4. The van der Waals surface area contributed by atoms with Gasteiger partial charge in [0.25, 0.3) is 0 Å². The zero-order chi connectivity index (χ0) is 20.0. The summed E-state index contributed by atoms with van der Waals surface area (Å²) in [4.78, 5) is 11.1. The molecule has 0 saturated heterocycles. The highest BCUT2D eigenvalue weighted by molar-refractivity contribution is 5.80. The number of ether oxygens (including phenoxy) is 1. The van der Waals surface area contributed by atoms with Crippen LogP contribution in [0.1, 0.15) is 88.0 Å². The quantitative estimate of drug-likeness (QED) is 0.698. The Morgan fingerprint density at radius 1 is 1.11 bits per heavy atom. The summed E-state index contributed by atoms with van der Waals surface area (Å²) in [5.74, 6) is -0.716. The van der Waals surface area contributed by atoms with Crippen molar-refractivity contribution in [2.24, 2.45) is 0 Å². The Balaban J connectivity index is 2.13. The molecule has 1 saturated carbocycles. The number of carboxylic acid groups (broad SMARTS) is 1. The van der Waals surface area contributed by atoms with Crippen molar-refractivity contribution in [1.82, 2.24) is 0 Å². The van der Waals surface area contributed by atoms with Crippen LogP contribution in [-0.4, -0.2) is 23.8 Å². The molecule has 0 spiro atoms. The van der Waals surface area contributed by atoms with Gasteiger partial charge in [0.1, 0.15) is 0 Å². The predicted octanol–water partition coefficient (Wildman–Crippen LogP) is 5.64. The summed E-state index contributed by atoms with van der Waals surface area (Å²) in [5, 5.41) is 9.14. The van der Waals surface area contributed by atoms with Gasteiger partial charge in [0.05, 0.1) is 5.60 Å². The second-order valence-electron chi connectivity index (χ2n) is 9.80. The Kier molecular flexibility index (Phi) is 5.05. The van der Waals surface area contributed by atoms with Crippen LogP contribution in [0.5, 0.6) is 0 Å². The molecule has 3 nitrogen and oxygen atoms in total. The van der Waals surface area contributed by atoms with E-state index in [4.69, 9.17) is 9.84 Å². The van der Waals surface area contributed by atoms with Crippen molar-refractivity contribution in [3.05, 3.63) is 46.5 Å². The Labute approximate surface area is 163 Å². The lowest BCUT2D eigenvalue weighted by Crippen LogP contribution is -2.36. The van der Waals surface area contributed by atoms with Gasteiger partial charge in [-0.3, -0.25) is 0 Å². The van der Waals surface area contributed by atoms with Crippen molar-refractivity contribution in [2.75, 3.05) is 7.11 Å². The Bertz CT molecular complexity index is 772. The summed E-state index contributed by atoms with van der Waals surface area (Å²) in [5.41, 5.74) is 5.40. The summed E-state index contributed by atoms with van der Waals surface area (Å²) in [6.45, 7) is 11.6. The van der Waals surface area contributed by atoms with Gasteiger partial charge in [-0.2, -0.15) is 0 Å². The highest BCUT2D eigenvalue weighted by Gasteiger charge is 2.44. The largest absolute Gasteiger partial charge is 0.478 e. The van der Waals surface area contributed by atoms with Gasteiger partial charge in [0.2, 0.25) is 0 Å². The molecule has 0 aromatic heterocycles.